The zero-order chi connectivity index (χ0) is 8.27. The number of benzene rings is 1. The van der Waals surface area contributed by atoms with Gasteiger partial charge in [-0.1, -0.05) is 30.3 Å². The van der Waals surface area contributed by atoms with Crippen molar-refractivity contribution in [2.45, 2.75) is 5.25 Å². The van der Waals surface area contributed by atoms with Crippen LogP contribution in [-0.2, 0) is 4.79 Å². The lowest BCUT2D eigenvalue weighted by Gasteiger charge is -2.03. The van der Waals surface area contributed by atoms with Crippen molar-refractivity contribution in [3.8, 4) is 0 Å². The molecule has 0 aliphatic carbocycles. The maximum Gasteiger partial charge on any atom is 0.238 e. The lowest BCUT2D eigenvalue weighted by Crippen LogP contribution is -1.97. The van der Waals surface area contributed by atoms with E-state index in [0.717, 1.165) is 5.56 Å². The van der Waals surface area contributed by atoms with Crippen molar-refractivity contribution < 1.29 is 4.79 Å². The Labute approximate surface area is 75.8 Å². The first-order valence-corrected chi connectivity index (χ1v) is 4.03. The Hall–Kier alpha value is -0.470. The van der Waals surface area contributed by atoms with E-state index < -0.39 is 10.5 Å². The van der Waals surface area contributed by atoms with Crippen molar-refractivity contribution in [1.29, 1.82) is 0 Å². The molecule has 0 saturated heterocycles. The van der Waals surface area contributed by atoms with Gasteiger partial charge in [-0.3, -0.25) is 4.79 Å². The van der Waals surface area contributed by atoms with Gasteiger partial charge < -0.3 is 0 Å². The SMILES string of the molecule is O=C(Cl)C(S)c1ccccc1. The van der Waals surface area contributed by atoms with Crippen LogP contribution in [0.3, 0.4) is 0 Å². The van der Waals surface area contributed by atoms with Crippen molar-refractivity contribution in [3.05, 3.63) is 35.9 Å². The Balaban J connectivity index is 2.85. The summed E-state index contributed by atoms with van der Waals surface area (Å²) in [7, 11) is 0. The van der Waals surface area contributed by atoms with Gasteiger partial charge in [-0.25, -0.2) is 0 Å². The number of hydrogen-bond acceptors (Lipinski definition) is 2. The average Bonchev–Trinajstić information content (AvgIpc) is 2.05. The first-order chi connectivity index (χ1) is 5.22. The van der Waals surface area contributed by atoms with Gasteiger partial charge in [0.05, 0.1) is 0 Å². The van der Waals surface area contributed by atoms with Gasteiger partial charge in [-0.2, -0.15) is 12.6 Å². The molecule has 0 N–H and O–H groups in total. The second kappa shape index (κ2) is 3.79. The summed E-state index contributed by atoms with van der Waals surface area (Å²) in [6.45, 7) is 0. The van der Waals surface area contributed by atoms with Gasteiger partial charge in [0.15, 0.2) is 0 Å². The third-order valence-corrected chi connectivity index (χ3v) is 2.23. The van der Waals surface area contributed by atoms with Crippen LogP contribution in [0.5, 0.6) is 0 Å². The molecule has 0 bridgehead atoms. The highest BCUT2D eigenvalue weighted by molar-refractivity contribution is 7.81. The molecule has 3 heteroatoms. The number of halogens is 1. The topological polar surface area (TPSA) is 17.1 Å². The standard InChI is InChI=1S/C8H7ClOS/c9-8(10)7(11)6-4-2-1-3-5-6/h1-5,7,11H. The molecule has 0 aliphatic heterocycles. The summed E-state index contributed by atoms with van der Waals surface area (Å²) in [6, 6.07) is 9.20. The Morgan fingerprint density at radius 1 is 1.36 bits per heavy atom. The van der Waals surface area contributed by atoms with Crippen LogP contribution < -0.4 is 0 Å². The second-order valence-electron chi connectivity index (χ2n) is 2.12. The zero-order valence-electron chi connectivity index (χ0n) is 5.70. The normalized spacial score (nSPS) is 12.5. The predicted octanol–water partition coefficient (Wildman–Crippen LogP) is 2.42. The largest absolute Gasteiger partial charge is 0.280 e. The molecule has 0 radical (unpaired) electrons. The molecule has 0 fully saturated rings. The minimum Gasteiger partial charge on any atom is -0.280 e. The molecular weight excluding hydrogens is 180 g/mol. The van der Waals surface area contributed by atoms with Crippen LogP contribution >= 0.6 is 24.2 Å². The van der Waals surface area contributed by atoms with Gasteiger partial charge in [0.1, 0.15) is 5.25 Å². The maximum atomic E-state index is 10.6. The van der Waals surface area contributed by atoms with Crippen LogP contribution in [0.2, 0.25) is 0 Å². The van der Waals surface area contributed by atoms with Crippen LogP contribution in [-0.4, -0.2) is 5.24 Å². The molecule has 1 aromatic carbocycles. The lowest BCUT2D eigenvalue weighted by atomic mass is 10.2. The number of hydrogen-bond donors (Lipinski definition) is 1. The maximum absolute atomic E-state index is 10.6. The van der Waals surface area contributed by atoms with Crippen molar-refractivity contribution in [1.82, 2.24) is 0 Å². The molecule has 11 heavy (non-hydrogen) atoms. The fraction of sp³-hybridized carbons (Fsp3) is 0.125. The van der Waals surface area contributed by atoms with Crippen molar-refractivity contribution >= 4 is 29.5 Å². The third-order valence-electron chi connectivity index (χ3n) is 1.33. The molecule has 0 saturated carbocycles. The highest BCUT2D eigenvalue weighted by Gasteiger charge is 2.11. The molecular formula is C8H7ClOS. The molecule has 1 aromatic rings. The monoisotopic (exact) mass is 186 g/mol. The first kappa shape index (κ1) is 8.62. The van der Waals surface area contributed by atoms with E-state index in [9.17, 15) is 4.79 Å². The van der Waals surface area contributed by atoms with E-state index in [-0.39, 0.29) is 0 Å². The van der Waals surface area contributed by atoms with Gasteiger partial charge in [-0.05, 0) is 17.2 Å². The fourth-order valence-corrected chi connectivity index (χ4v) is 1.06. The molecule has 1 nitrogen and oxygen atoms in total. The summed E-state index contributed by atoms with van der Waals surface area (Å²) in [6.07, 6.45) is 0. The quantitative estimate of drug-likeness (QED) is 0.555. The van der Waals surface area contributed by atoms with Gasteiger partial charge in [-0.15, -0.1) is 0 Å². The predicted molar refractivity (Wildman–Crippen MR) is 49.0 cm³/mol. The van der Waals surface area contributed by atoms with E-state index in [0.29, 0.717) is 0 Å². The summed E-state index contributed by atoms with van der Waals surface area (Å²) in [4.78, 5) is 10.6. The van der Waals surface area contributed by atoms with E-state index in [1.807, 2.05) is 30.3 Å². The number of thiol groups is 1. The average molecular weight is 187 g/mol. The second-order valence-corrected chi connectivity index (χ2v) is 3.01. The summed E-state index contributed by atoms with van der Waals surface area (Å²) in [5, 5.41) is -0.947. The Morgan fingerprint density at radius 2 is 1.91 bits per heavy atom. The smallest absolute Gasteiger partial charge is 0.238 e. The number of carbonyl (C=O) groups is 1. The summed E-state index contributed by atoms with van der Waals surface area (Å²) >= 11 is 9.28. The van der Waals surface area contributed by atoms with Crippen LogP contribution in [0.4, 0.5) is 0 Å². The Bertz CT molecular complexity index is 248. The summed E-state index contributed by atoms with van der Waals surface area (Å²) in [5.41, 5.74) is 0.829. The number of carbonyl (C=O) groups excluding carboxylic acids is 1. The highest BCUT2D eigenvalue weighted by Crippen LogP contribution is 2.21. The number of rotatable bonds is 2. The first-order valence-electron chi connectivity index (χ1n) is 3.14. The van der Waals surface area contributed by atoms with Gasteiger partial charge >= 0.3 is 0 Å². The molecule has 0 amide bonds. The molecule has 0 spiro atoms. The van der Waals surface area contributed by atoms with E-state index in [4.69, 9.17) is 11.6 Å². The van der Waals surface area contributed by atoms with Gasteiger partial charge in [0.25, 0.3) is 0 Å². The third kappa shape index (κ3) is 2.24. The van der Waals surface area contributed by atoms with Gasteiger partial charge in [0.2, 0.25) is 5.24 Å². The minimum atomic E-state index is -0.502. The van der Waals surface area contributed by atoms with Crippen LogP contribution in [0.25, 0.3) is 0 Å². The lowest BCUT2D eigenvalue weighted by molar-refractivity contribution is -0.111. The van der Waals surface area contributed by atoms with Crippen molar-refractivity contribution in [2.75, 3.05) is 0 Å². The fourth-order valence-electron chi connectivity index (χ4n) is 0.766. The summed E-state index contributed by atoms with van der Waals surface area (Å²) in [5.74, 6) is 0. The van der Waals surface area contributed by atoms with Crippen molar-refractivity contribution in [2.24, 2.45) is 0 Å². The van der Waals surface area contributed by atoms with Crippen LogP contribution in [0.1, 0.15) is 10.8 Å². The van der Waals surface area contributed by atoms with Crippen molar-refractivity contribution in [3.63, 3.8) is 0 Å². The molecule has 1 atom stereocenters. The molecule has 0 aromatic heterocycles. The molecule has 58 valence electrons. The van der Waals surface area contributed by atoms with Crippen LogP contribution in [0.15, 0.2) is 30.3 Å². The van der Waals surface area contributed by atoms with E-state index in [1.165, 1.54) is 0 Å². The summed E-state index contributed by atoms with van der Waals surface area (Å²) < 4.78 is 0. The Morgan fingerprint density at radius 3 is 2.36 bits per heavy atom. The van der Waals surface area contributed by atoms with E-state index in [1.54, 1.807) is 0 Å². The van der Waals surface area contributed by atoms with Gasteiger partial charge in [0, 0.05) is 0 Å². The molecule has 0 heterocycles. The molecule has 1 rings (SSSR count). The zero-order valence-corrected chi connectivity index (χ0v) is 7.35. The van der Waals surface area contributed by atoms with Crippen LogP contribution in [0, 0.1) is 0 Å². The molecule has 0 aliphatic rings. The van der Waals surface area contributed by atoms with E-state index >= 15 is 0 Å². The van der Waals surface area contributed by atoms with E-state index in [2.05, 4.69) is 12.6 Å². The highest BCUT2D eigenvalue weighted by atomic mass is 35.5. The molecule has 1 unspecified atom stereocenters. The minimum absolute atomic E-state index is 0.445. The Kier molecular flexibility index (Phi) is 2.97.